The van der Waals surface area contributed by atoms with Gasteiger partial charge < -0.3 is 14.4 Å². The Labute approximate surface area is 129 Å². The molecular formula is C17H21F2NO2. The molecule has 0 radical (unpaired) electrons. The van der Waals surface area contributed by atoms with Crippen molar-refractivity contribution in [2.45, 2.75) is 49.7 Å². The Morgan fingerprint density at radius 2 is 2.05 bits per heavy atom. The lowest BCUT2D eigenvalue weighted by molar-refractivity contribution is -0.208. The first-order valence-corrected chi connectivity index (χ1v) is 8.05. The second-order valence-electron chi connectivity index (χ2n) is 6.84. The first-order chi connectivity index (χ1) is 10.5. The number of benzene rings is 1. The Bertz CT molecular complexity index is 588. The third-order valence-electron chi connectivity index (χ3n) is 5.60. The highest BCUT2D eigenvalue weighted by atomic mass is 19.3. The highest BCUT2D eigenvalue weighted by Crippen LogP contribution is 2.50. The molecule has 0 spiro atoms. The van der Waals surface area contributed by atoms with Crippen molar-refractivity contribution in [1.82, 2.24) is 4.90 Å². The van der Waals surface area contributed by atoms with E-state index in [4.69, 9.17) is 9.47 Å². The molecular weight excluding hydrogens is 288 g/mol. The molecule has 0 aromatic heterocycles. The summed E-state index contributed by atoms with van der Waals surface area (Å²) in [4.78, 5) is 2.45. The van der Waals surface area contributed by atoms with Crippen molar-refractivity contribution in [2.75, 3.05) is 20.2 Å². The van der Waals surface area contributed by atoms with Gasteiger partial charge in [0.05, 0.1) is 0 Å². The van der Waals surface area contributed by atoms with Crippen LogP contribution in [0.3, 0.4) is 0 Å². The quantitative estimate of drug-likeness (QED) is 0.791. The number of nitrogens with zero attached hydrogens (tertiary/aromatic N) is 1. The lowest BCUT2D eigenvalue weighted by Crippen LogP contribution is -2.43. The van der Waals surface area contributed by atoms with Crippen LogP contribution in [0.15, 0.2) is 18.2 Å². The van der Waals surface area contributed by atoms with E-state index in [1.54, 1.807) is 6.07 Å². The van der Waals surface area contributed by atoms with Crippen molar-refractivity contribution in [3.63, 3.8) is 0 Å². The minimum atomic E-state index is -3.23. The summed E-state index contributed by atoms with van der Waals surface area (Å²) >= 11 is 0. The number of fused-ring (bicyclic) bond motifs is 2. The molecule has 5 heteroatoms. The lowest BCUT2D eigenvalue weighted by atomic mass is 9.66. The van der Waals surface area contributed by atoms with E-state index in [1.807, 2.05) is 12.1 Å². The molecule has 4 rings (SSSR count). The SMILES string of the molecule is CN1CC[C@]2(c3ccc4c(c3)OCC(F)(F)O4)CCCC[C@H]12. The van der Waals surface area contributed by atoms with Gasteiger partial charge in [0.2, 0.25) is 0 Å². The third-order valence-corrected chi connectivity index (χ3v) is 5.60. The largest absolute Gasteiger partial charge is 0.479 e. The molecule has 1 aromatic carbocycles. The Morgan fingerprint density at radius 1 is 1.18 bits per heavy atom. The fourth-order valence-electron chi connectivity index (χ4n) is 4.53. The maximum absolute atomic E-state index is 13.2. The molecule has 1 aliphatic carbocycles. The maximum atomic E-state index is 13.2. The number of hydrogen-bond donors (Lipinski definition) is 0. The Morgan fingerprint density at radius 3 is 2.91 bits per heavy atom. The summed E-state index contributed by atoms with van der Waals surface area (Å²) < 4.78 is 36.5. The molecule has 120 valence electrons. The average Bonchev–Trinajstić information content (AvgIpc) is 2.85. The number of halogens is 2. The fraction of sp³-hybridized carbons (Fsp3) is 0.647. The van der Waals surface area contributed by atoms with E-state index in [2.05, 4.69) is 11.9 Å². The van der Waals surface area contributed by atoms with Crippen molar-refractivity contribution in [3.05, 3.63) is 23.8 Å². The minimum absolute atomic E-state index is 0.144. The van der Waals surface area contributed by atoms with Crippen LogP contribution in [0.2, 0.25) is 0 Å². The number of likely N-dealkylation sites (tertiary alicyclic amines) is 1. The molecule has 2 atom stereocenters. The van der Waals surface area contributed by atoms with E-state index in [9.17, 15) is 8.78 Å². The van der Waals surface area contributed by atoms with Gasteiger partial charge in [0.15, 0.2) is 18.1 Å². The van der Waals surface area contributed by atoms with Crippen LogP contribution in [0.1, 0.15) is 37.7 Å². The highest BCUT2D eigenvalue weighted by molar-refractivity contribution is 5.47. The first-order valence-electron chi connectivity index (χ1n) is 8.05. The summed E-state index contributed by atoms with van der Waals surface area (Å²) in [5, 5.41) is 0. The molecule has 2 aliphatic heterocycles. The molecule has 2 heterocycles. The molecule has 1 saturated carbocycles. The van der Waals surface area contributed by atoms with Gasteiger partial charge in [0, 0.05) is 11.5 Å². The van der Waals surface area contributed by atoms with Gasteiger partial charge in [-0.05, 0) is 50.6 Å². The molecule has 22 heavy (non-hydrogen) atoms. The van der Waals surface area contributed by atoms with E-state index >= 15 is 0 Å². The van der Waals surface area contributed by atoms with Gasteiger partial charge in [-0.3, -0.25) is 0 Å². The van der Waals surface area contributed by atoms with Gasteiger partial charge in [0.25, 0.3) is 0 Å². The van der Waals surface area contributed by atoms with E-state index in [0.717, 1.165) is 19.4 Å². The normalized spacial score (nSPS) is 33.5. The van der Waals surface area contributed by atoms with Crippen molar-refractivity contribution in [1.29, 1.82) is 0 Å². The van der Waals surface area contributed by atoms with Crippen molar-refractivity contribution < 1.29 is 18.3 Å². The number of alkyl halides is 2. The van der Waals surface area contributed by atoms with Crippen molar-refractivity contribution >= 4 is 0 Å². The van der Waals surface area contributed by atoms with Crippen molar-refractivity contribution in [2.24, 2.45) is 0 Å². The number of likely N-dealkylation sites (N-methyl/N-ethyl adjacent to an activating group) is 1. The Hall–Kier alpha value is -1.36. The van der Waals surface area contributed by atoms with E-state index < -0.39 is 12.7 Å². The predicted octanol–water partition coefficient (Wildman–Crippen LogP) is 3.57. The van der Waals surface area contributed by atoms with E-state index in [-0.39, 0.29) is 11.2 Å². The van der Waals surface area contributed by atoms with Gasteiger partial charge >= 0.3 is 6.11 Å². The van der Waals surface area contributed by atoms with Crippen LogP contribution in [0, 0.1) is 0 Å². The zero-order valence-electron chi connectivity index (χ0n) is 12.8. The number of rotatable bonds is 1. The highest BCUT2D eigenvalue weighted by Gasteiger charge is 2.48. The monoisotopic (exact) mass is 309 g/mol. The summed E-state index contributed by atoms with van der Waals surface area (Å²) in [6.45, 7) is 0.386. The van der Waals surface area contributed by atoms with E-state index in [1.165, 1.54) is 24.8 Å². The van der Waals surface area contributed by atoms with Gasteiger partial charge in [-0.1, -0.05) is 18.9 Å². The van der Waals surface area contributed by atoms with Crippen LogP contribution in [0.4, 0.5) is 8.78 Å². The molecule has 1 saturated heterocycles. The molecule has 0 bridgehead atoms. The fourth-order valence-corrected chi connectivity index (χ4v) is 4.53. The summed E-state index contributed by atoms with van der Waals surface area (Å²) in [6, 6.07) is 6.09. The van der Waals surface area contributed by atoms with Crippen LogP contribution < -0.4 is 9.47 Å². The molecule has 1 aromatic rings. The van der Waals surface area contributed by atoms with Crippen LogP contribution in [-0.4, -0.2) is 37.2 Å². The van der Waals surface area contributed by atoms with E-state index in [0.29, 0.717) is 11.8 Å². The van der Waals surface area contributed by atoms with Crippen LogP contribution in [-0.2, 0) is 5.41 Å². The summed E-state index contributed by atoms with van der Waals surface area (Å²) in [5.41, 5.74) is 1.36. The summed E-state index contributed by atoms with van der Waals surface area (Å²) in [7, 11) is 2.19. The zero-order chi connectivity index (χ0) is 15.4. The van der Waals surface area contributed by atoms with Crippen LogP contribution in [0.25, 0.3) is 0 Å². The lowest BCUT2D eigenvalue weighted by Gasteiger charge is -2.42. The predicted molar refractivity (Wildman–Crippen MR) is 78.7 cm³/mol. The number of ether oxygens (including phenoxy) is 2. The van der Waals surface area contributed by atoms with Gasteiger partial charge in [-0.25, -0.2) is 0 Å². The molecule has 0 N–H and O–H groups in total. The molecule has 0 amide bonds. The standard InChI is InChI=1S/C17H21F2NO2/c1-20-9-8-16(7-3-2-4-15(16)20)12-5-6-13-14(10-12)21-11-17(18,19)22-13/h5-6,10,15H,2-4,7-9,11H2,1H3/t15-,16-/m0/s1. The van der Waals surface area contributed by atoms with Gasteiger partial charge in [-0.2, -0.15) is 8.78 Å². The Kier molecular flexibility index (Phi) is 3.12. The number of hydrogen-bond acceptors (Lipinski definition) is 3. The smallest absolute Gasteiger partial charge is 0.433 e. The minimum Gasteiger partial charge on any atom is -0.479 e. The second-order valence-corrected chi connectivity index (χ2v) is 6.84. The maximum Gasteiger partial charge on any atom is 0.433 e. The summed E-state index contributed by atoms with van der Waals surface area (Å²) in [6.07, 6.45) is 2.78. The second kappa shape index (κ2) is 4.82. The first kappa shape index (κ1) is 14.2. The van der Waals surface area contributed by atoms with Crippen LogP contribution in [0.5, 0.6) is 11.5 Å². The molecule has 2 fully saturated rings. The summed E-state index contributed by atoms with van der Waals surface area (Å²) in [5.74, 6) is 0.604. The zero-order valence-corrected chi connectivity index (χ0v) is 12.8. The van der Waals surface area contributed by atoms with Crippen LogP contribution >= 0.6 is 0 Å². The van der Waals surface area contributed by atoms with Gasteiger partial charge in [0.1, 0.15) is 0 Å². The average molecular weight is 309 g/mol. The van der Waals surface area contributed by atoms with Gasteiger partial charge in [-0.15, -0.1) is 0 Å². The third kappa shape index (κ3) is 2.09. The van der Waals surface area contributed by atoms with Crippen molar-refractivity contribution in [3.8, 4) is 11.5 Å². The topological polar surface area (TPSA) is 21.7 Å². The molecule has 3 aliphatic rings. The molecule has 0 unspecified atom stereocenters. The molecule has 3 nitrogen and oxygen atoms in total. The Balaban J connectivity index is 1.71.